The van der Waals surface area contributed by atoms with Gasteiger partial charge >= 0.3 is 0 Å². The molecule has 1 atom stereocenters. The van der Waals surface area contributed by atoms with Crippen molar-refractivity contribution in [3.63, 3.8) is 0 Å². The molecule has 0 bridgehead atoms. The Labute approximate surface area is 78.2 Å². The summed E-state index contributed by atoms with van der Waals surface area (Å²) in [6.45, 7) is 0. The van der Waals surface area contributed by atoms with Gasteiger partial charge in [0.15, 0.2) is 0 Å². The van der Waals surface area contributed by atoms with E-state index < -0.39 is 29.4 Å². The molecule has 0 aromatic heterocycles. The zero-order valence-corrected chi connectivity index (χ0v) is 7.10. The summed E-state index contributed by atoms with van der Waals surface area (Å²) >= 11 is 0. The molecule has 76 valence electrons. The van der Waals surface area contributed by atoms with Gasteiger partial charge in [0.25, 0.3) is 5.92 Å². The van der Waals surface area contributed by atoms with E-state index in [-0.39, 0.29) is 5.56 Å². The first-order chi connectivity index (χ1) is 6.37. The summed E-state index contributed by atoms with van der Waals surface area (Å²) in [6.07, 6.45) is -0.559. The number of phenolic OH excluding ortho intramolecular Hbond substituents is 1. The smallest absolute Gasteiger partial charge is 0.272 e. The molecule has 1 unspecified atom stereocenters. The highest BCUT2D eigenvalue weighted by molar-refractivity contribution is 5.45. The van der Waals surface area contributed by atoms with Crippen molar-refractivity contribution in [1.29, 1.82) is 0 Å². The first kappa shape index (κ1) is 9.33. The summed E-state index contributed by atoms with van der Waals surface area (Å²) < 4.78 is 38.4. The lowest BCUT2D eigenvalue weighted by Gasteiger charge is -2.12. The molecule has 1 aliphatic rings. The Balaban J connectivity index is 2.48. The van der Waals surface area contributed by atoms with Crippen molar-refractivity contribution < 1.29 is 18.3 Å². The quantitative estimate of drug-likeness (QED) is 0.730. The topological polar surface area (TPSA) is 46.2 Å². The molecular weight excluding hydrogens is 195 g/mol. The summed E-state index contributed by atoms with van der Waals surface area (Å²) in [5.41, 5.74) is 3.20. The van der Waals surface area contributed by atoms with Gasteiger partial charge in [-0.05, 0) is 18.2 Å². The zero-order valence-electron chi connectivity index (χ0n) is 7.10. The van der Waals surface area contributed by atoms with E-state index in [0.717, 1.165) is 18.2 Å². The number of halogens is 3. The summed E-state index contributed by atoms with van der Waals surface area (Å²) in [5, 5.41) is 9.26. The van der Waals surface area contributed by atoms with Gasteiger partial charge < -0.3 is 10.8 Å². The normalized spacial score (nSPS) is 28.9. The standard InChI is InChI=1S/C9H8F3NO/c10-5-1-2-7(14)6(3-5)8(13)4-9(8,11)12/h1-3,14H,4,13H2. The fourth-order valence-electron chi connectivity index (χ4n) is 1.46. The molecule has 1 saturated carbocycles. The maximum atomic E-state index is 12.8. The monoisotopic (exact) mass is 203 g/mol. The number of benzene rings is 1. The van der Waals surface area contributed by atoms with Crippen LogP contribution in [-0.2, 0) is 5.54 Å². The van der Waals surface area contributed by atoms with E-state index in [1.54, 1.807) is 0 Å². The van der Waals surface area contributed by atoms with Crippen LogP contribution in [0.4, 0.5) is 13.2 Å². The van der Waals surface area contributed by atoms with Crippen LogP contribution in [0.5, 0.6) is 5.75 Å². The lowest BCUT2D eigenvalue weighted by molar-refractivity contribution is 0.0883. The zero-order chi connectivity index (χ0) is 10.6. The van der Waals surface area contributed by atoms with Gasteiger partial charge in [-0.3, -0.25) is 0 Å². The number of aromatic hydroxyl groups is 1. The van der Waals surface area contributed by atoms with Crippen LogP contribution in [0, 0.1) is 5.82 Å². The van der Waals surface area contributed by atoms with E-state index in [1.807, 2.05) is 0 Å². The number of hydrogen-bond donors (Lipinski definition) is 2. The van der Waals surface area contributed by atoms with Crippen LogP contribution in [0.1, 0.15) is 12.0 Å². The number of rotatable bonds is 1. The second kappa shape index (κ2) is 2.42. The van der Waals surface area contributed by atoms with E-state index >= 15 is 0 Å². The van der Waals surface area contributed by atoms with Crippen molar-refractivity contribution in [2.75, 3.05) is 0 Å². The van der Waals surface area contributed by atoms with E-state index in [1.165, 1.54) is 0 Å². The molecule has 0 heterocycles. The van der Waals surface area contributed by atoms with Crippen LogP contribution in [0.2, 0.25) is 0 Å². The SMILES string of the molecule is NC1(c2cc(F)ccc2O)CC1(F)F. The summed E-state index contributed by atoms with van der Waals surface area (Å²) in [5.74, 6) is -4.14. The summed E-state index contributed by atoms with van der Waals surface area (Å²) in [7, 11) is 0. The number of hydrogen-bond acceptors (Lipinski definition) is 2. The minimum atomic E-state index is -3.06. The maximum Gasteiger partial charge on any atom is 0.272 e. The average molecular weight is 203 g/mol. The van der Waals surface area contributed by atoms with Crippen LogP contribution in [0.3, 0.4) is 0 Å². The van der Waals surface area contributed by atoms with Gasteiger partial charge in [0.1, 0.15) is 17.1 Å². The predicted octanol–water partition coefficient (Wildman–Crippen LogP) is 1.72. The second-order valence-electron chi connectivity index (χ2n) is 3.51. The fraction of sp³-hybridized carbons (Fsp3) is 0.333. The third kappa shape index (κ3) is 1.09. The number of alkyl halides is 2. The van der Waals surface area contributed by atoms with Crippen LogP contribution in [-0.4, -0.2) is 11.0 Å². The molecule has 1 fully saturated rings. The van der Waals surface area contributed by atoms with Crippen molar-refractivity contribution in [3.05, 3.63) is 29.6 Å². The Bertz CT molecular complexity index is 394. The van der Waals surface area contributed by atoms with Crippen LogP contribution >= 0.6 is 0 Å². The highest BCUT2D eigenvalue weighted by Crippen LogP contribution is 2.59. The van der Waals surface area contributed by atoms with E-state index in [4.69, 9.17) is 5.73 Å². The Hall–Kier alpha value is -1.23. The Morgan fingerprint density at radius 2 is 1.93 bits per heavy atom. The van der Waals surface area contributed by atoms with Crippen LogP contribution < -0.4 is 5.73 Å². The Morgan fingerprint density at radius 1 is 1.36 bits per heavy atom. The molecule has 1 aromatic rings. The van der Waals surface area contributed by atoms with Gasteiger partial charge in [0.05, 0.1) is 0 Å². The van der Waals surface area contributed by atoms with Crippen molar-refractivity contribution >= 4 is 0 Å². The highest BCUT2D eigenvalue weighted by Gasteiger charge is 2.70. The molecule has 0 spiro atoms. The van der Waals surface area contributed by atoms with Crippen LogP contribution in [0.15, 0.2) is 18.2 Å². The summed E-state index contributed by atoms with van der Waals surface area (Å²) in [6, 6.07) is 2.85. The summed E-state index contributed by atoms with van der Waals surface area (Å²) in [4.78, 5) is 0. The average Bonchev–Trinajstić information content (AvgIpc) is 2.58. The molecular formula is C9H8F3NO. The lowest BCUT2D eigenvalue weighted by atomic mass is 10.0. The van der Waals surface area contributed by atoms with Gasteiger partial charge in [-0.25, -0.2) is 13.2 Å². The molecule has 1 aromatic carbocycles. The molecule has 5 heteroatoms. The number of nitrogens with two attached hydrogens (primary N) is 1. The molecule has 14 heavy (non-hydrogen) atoms. The third-order valence-electron chi connectivity index (χ3n) is 2.47. The minimum absolute atomic E-state index is 0.234. The van der Waals surface area contributed by atoms with E-state index in [2.05, 4.69) is 0 Å². The molecule has 0 amide bonds. The molecule has 3 N–H and O–H groups in total. The Morgan fingerprint density at radius 3 is 2.43 bits per heavy atom. The lowest BCUT2D eigenvalue weighted by Crippen LogP contribution is -2.27. The Kier molecular flexibility index (Phi) is 1.61. The van der Waals surface area contributed by atoms with Crippen molar-refractivity contribution in [2.24, 2.45) is 5.73 Å². The van der Waals surface area contributed by atoms with Crippen molar-refractivity contribution in [1.82, 2.24) is 0 Å². The van der Waals surface area contributed by atoms with E-state index in [9.17, 15) is 18.3 Å². The highest BCUT2D eigenvalue weighted by atomic mass is 19.3. The van der Waals surface area contributed by atoms with Gasteiger partial charge in [0.2, 0.25) is 0 Å². The molecule has 2 rings (SSSR count). The number of phenols is 1. The van der Waals surface area contributed by atoms with E-state index in [0.29, 0.717) is 0 Å². The van der Waals surface area contributed by atoms with Crippen molar-refractivity contribution in [2.45, 2.75) is 17.9 Å². The third-order valence-corrected chi connectivity index (χ3v) is 2.47. The molecule has 2 nitrogen and oxygen atoms in total. The van der Waals surface area contributed by atoms with Gasteiger partial charge in [-0.15, -0.1) is 0 Å². The molecule has 0 radical (unpaired) electrons. The minimum Gasteiger partial charge on any atom is -0.508 e. The van der Waals surface area contributed by atoms with Gasteiger partial charge in [-0.1, -0.05) is 0 Å². The molecule has 0 saturated heterocycles. The van der Waals surface area contributed by atoms with Crippen LogP contribution in [0.25, 0.3) is 0 Å². The fourth-order valence-corrected chi connectivity index (χ4v) is 1.46. The van der Waals surface area contributed by atoms with Gasteiger partial charge in [0, 0.05) is 12.0 Å². The van der Waals surface area contributed by atoms with Gasteiger partial charge in [-0.2, -0.15) is 0 Å². The predicted molar refractivity (Wildman–Crippen MR) is 43.5 cm³/mol. The largest absolute Gasteiger partial charge is 0.508 e. The van der Waals surface area contributed by atoms with Crippen molar-refractivity contribution in [3.8, 4) is 5.75 Å². The first-order valence-corrected chi connectivity index (χ1v) is 4.02. The molecule has 1 aliphatic carbocycles. The maximum absolute atomic E-state index is 12.8. The molecule has 0 aliphatic heterocycles. The second-order valence-corrected chi connectivity index (χ2v) is 3.51. The first-order valence-electron chi connectivity index (χ1n) is 4.02.